The SMILES string of the molecule is Cc1cccc2c(CCNC(=O)NC(C)(CO)C3CC3)c[nH]c12. The fourth-order valence-electron chi connectivity index (χ4n) is 3.18. The molecule has 23 heavy (non-hydrogen) atoms. The lowest BCUT2D eigenvalue weighted by Gasteiger charge is -2.28. The second kappa shape index (κ2) is 6.24. The van der Waals surface area contributed by atoms with Crippen LogP contribution < -0.4 is 10.6 Å². The molecule has 0 radical (unpaired) electrons. The van der Waals surface area contributed by atoms with E-state index >= 15 is 0 Å². The van der Waals surface area contributed by atoms with Crippen molar-refractivity contribution in [1.82, 2.24) is 15.6 Å². The summed E-state index contributed by atoms with van der Waals surface area (Å²) in [6.45, 7) is 4.54. The smallest absolute Gasteiger partial charge is 0.315 e. The van der Waals surface area contributed by atoms with E-state index in [9.17, 15) is 9.90 Å². The number of hydrogen-bond acceptors (Lipinski definition) is 2. The average Bonchev–Trinajstić information content (AvgIpc) is 3.31. The molecule has 5 nitrogen and oxygen atoms in total. The van der Waals surface area contributed by atoms with Crippen LogP contribution in [0.4, 0.5) is 4.79 Å². The molecule has 1 aliphatic rings. The number of aryl methyl sites for hydroxylation is 1. The Morgan fingerprint density at radius 2 is 2.22 bits per heavy atom. The van der Waals surface area contributed by atoms with Gasteiger partial charge in [-0.1, -0.05) is 18.2 Å². The van der Waals surface area contributed by atoms with Crippen molar-refractivity contribution in [3.8, 4) is 0 Å². The normalized spacial score (nSPS) is 17.0. The Bertz CT molecular complexity index is 705. The number of aromatic amines is 1. The predicted octanol–water partition coefficient (Wildman–Crippen LogP) is 2.48. The van der Waals surface area contributed by atoms with E-state index in [2.05, 4.69) is 40.7 Å². The van der Waals surface area contributed by atoms with Gasteiger partial charge >= 0.3 is 6.03 Å². The van der Waals surface area contributed by atoms with Crippen LogP contribution in [0.2, 0.25) is 0 Å². The Labute approximate surface area is 136 Å². The lowest BCUT2D eigenvalue weighted by molar-refractivity contribution is 0.155. The lowest BCUT2D eigenvalue weighted by Crippen LogP contribution is -2.54. The van der Waals surface area contributed by atoms with Crippen LogP contribution in [0.3, 0.4) is 0 Å². The highest BCUT2D eigenvalue weighted by molar-refractivity contribution is 5.86. The first-order valence-corrected chi connectivity index (χ1v) is 8.26. The molecule has 1 aromatic carbocycles. The number of benzene rings is 1. The second-order valence-electron chi connectivity index (χ2n) is 6.79. The van der Waals surface area contributed by atoms with Crippen LogP contribution in [-0.2, 0) is 6.42 Å². The van der Waals surface area contributed by atoms with E-state index in [1.54, 1.807) is 0 Å². The summed E-state index contributed by atoms with van der Waals surface area (Å²) in [5.41, 5.74) is 3.09. The number of urea groups is 1. The molecule has 1 fully saturated rings. The number of nitrogens with one attached hydrogen (secondary N) is 3. The van der Waals surface area contributed by atoms with Crippen molar-refractivity contribution < 1.29 is 9.90 Å². The minimum Gasteiger partial charge on any atom is -0.394 e. The molecule has 1 aliphatic carbocycles. The number of aliphatic hydroxyl groups is 1. The molecule has 1 atom stereocenters. The third kappa shape index (κ3) is 3.34. The van der Waals surface area contributed by atoms with Gasteiger partial charge in [-0.05, 0) is 50.2 Å². The highest BCUT2D eigenvalue weighted by Crippen LogP contribution is 2.39. The minimum atomic E-state index is -0.498. The van der Waals surface area contributed by atoms with Crippen molar-refractivity contribution in [2.24, 2.45) is 5.92 Å². The molecule has 2 aromatic rings. The van der Waals surface area contributed by atoms with Gasteiger partial charge in [-0.2, -0.15) is 0 Å². The van der Waals surface area contributed by atoms with Gasteiger partial charge in [-0.25, -0.2) is 4.79 Å². The van der Waals surface area contributed by atoms with Gasteiger partial charge in [-0.3, -0.25) is 0 Å². The molecule has 2 amide bonds. The topological polar surface area (TPSA) is 77.2 Å². The molecule has 3 rings (SSSR count). The van der Waals surface area contributed by atoms with Gasteiger partial charge in [0.05, 0.1) is 12.1 Å². The van der Waals surface area contributed by atoms with Gasteiger partial charge < -0.3 is 20.7 Å². The zero-order valence-electron chi connectivity index (χ0n) is 13.8. The Kier molecular flexibility index (Phi) is 4.31. The summed E-state index contributed by atoms with van der Waals surface area (Å²) in [4.78, 5) is 15.4. The van der Waals surface area contributed by atoms with Crippen LogP contribution in [0.25, 0.3) is 10.9 Å². The molecule has 0 bridgehead atoms. The molecule has 1 heterocycles. The summed E-state index contributed by atoms with van der Waals surface area (Å²) in [6, 6.07) is 6.04. The van der Waals surface area contributed by atoms with Gasteiger partial charge in [0, 0.05) is 23.6 Å². The first-order chi connectivity index (χ1) is 11.0. The van der Waals surface area contributed by atoms with Gasteiger partial charge in [-0.15, -0.1) is 0 Å². The highest BCUT2D eigenvalue weighted by Gasteiger charge is 2.42. The summed E-state index contributed by atoms with van der Waals surface area (Å²) in [5, 5.41) is 16.6. The molecule has 0 aliphatic heterocycles. The van der Waals surface area contributed by atoms with Gasteiger partial charge in [0.25, 0.3) is 0 Å². The van der Waals surface area contributed by atoms with Crippen molar-refractivity contribution in [2.45, 2.75) is 38.6 Å². The summed E-state index contributed by atoms with van der Waals surface area (Å²) >= 11 is 0. The number of hydrogen-bond donors (Lipinski definition) is 4. The summed E-state index contributed by atoms with van der Waals surface area (Å²) in [5.74, 6) is 0.398. The summed E-state index contributed by atoms with van der Waals surface area (Å²) in [6.07, 6.45) is 4.94. The predicted molar refractivity (Wildman–Crippen MR) is 91.5 cm³/mol. The molecule has 1 saturated carbocycles. The molecule has 4 N–H and O–H groups in total. The Morgan fingerprint density at radius 3 is 2.91 bits per heavy atom. The van der Waals surface area contributed by atoms with Crippen LogP contribution in [0.5, 0.6) is 0 Å². The molecule has 5 heteroatoms. The number of rotatable bonds is 6. The molecular weight excluding hydrogens is 290 g/mol. The van der Waals surface area contributed by atoms with Gasteiger partial charge in [0.2, 0.25) is 0 Å². The van der Waals surface area contributed by atoms with Gasteiger partial charge in [0.1, 0.15) is 0 Å². The maximum absolute atomic E-state index is 12.1. The number of fused-ring (bicyclic) bond motifs is 1. The van der Waals surface area contributed by atoms with Crippen LogP contribution in [0, 0.1) is 12.8 Å². The molecule has 1 unspecified atom stereocenters. The Balaban J connectivity index is 1.54. The van der Waals surface area contributed by atoms with Crippen LogP contribution in [0.15, 0.2) is 24.4 Å². The van der Waals surface area contributed by atoms with Crippen molar-refractivity contribution in [2.75, 3.05) is 13.2 Å². The Morgan fingerprint density at radius 1 is 1.43 bits per heavy atom. The molecule has 1 aromatic heterocycles. The fourth-order valence-corrected chi connectivity index (χ4v) is 3.18. The number of amides is 2. The minimum absolute atomic E-state index is 0.0210. The average molecular weight is 315 g/mol. The van der Waals surface area contributed by atoms with Crippen molar-refractivity contribution >= 4 is 16.9 Å². The van der Waals surface area contributed by atoms with E-state index in [4.69, 9.17) is 0 Å². The number of aromatic nitrogens is 1. The maximum Gasteiger partial charge on any atom is 0.315 e. The van der Waals surface area contributed by atoms with E-state index < -0.39 is 5.54 Å². The molecule has 0 spiro atoms. The first-order valence-electron chi connectivity index (χ1n) is 8.26. The number of carbonyl (C=O) groups excluding carboxylic acids is 1. The van der Waals surface area contributed by atoms with Gasteiger partial charge in [0.15, 0.2) is 0 Å². The first kappa shape index (κ1) is 15.9. The van der Waals surface area contributed by atoms with E-state index in [0.29, 0.717) is 12.5 Å². The standard InChI is InChI=1S/C18H25N3O2/c1-12-4-3-5-15-13(10-20-16(12)15)8-9-19-17(23)21-18(2,11-22)14-6-7-14/h3-5,10,14,20,22H,6-9,11H2,1-2H3,(H2,19,21,23). The highest BCUT2D eigenvalue weighted by atomic mass is 16.3. The Hall–Kier alpha value is -2.01. The molecular formula is C18H25N3O2. The largest absolute Gasteiger partial charge is 0.394 e. The summed E-state index contributed by atoms with van der Waals surface area (Å²) in [7, 11) is 0. The third-order valence-corrected chi connectivity index (χ3v) is 4.90. The maximum atomic E-state index is 12.1. The monoisotopic (exact) mass is 315 g/mol. The van der Waals surface area contributed by atoms with Crippen LogP contribution in [0.1, 0.15) is 30.9 Å². The number of carbonyl (C=O) groups is 1. The molecule has 124 valence electrons. The van der Waals surface area contributed by atoms with Crippen molar-refractivity contribution in [1.29, 1.82) is 0 Å². The fraction of sp³-hybridized carbons (Fsp3) is 0.500. The van der Waals surface area contributed by atoms with Crippen LogP contribution >= 0.6 is 0 Å². The van der Waals surface area contributed by atoms with Crippen molar-refractivity contribution in [3.05, 3.63) is 35.5 Å². The third-order valence-electron chi connectivity index (χ3n) is 4.90. The lowest BCUT2D eigenvalue weighted by atomic mass is 9.97. The van der Waals surface area contributed by atoms with E-state index in [1.165, 1.54) is 16.5 Å². The van der Waals surface area contributed by atoms with E-state index in [-0.39, 0.29) is 12.6 Å². The van der Waals surface area contributed by atoms with Crippen LogP contribution in [-0.4, -0.2) is 34.8 Å². The second-order valence-corrected chi connectivity index (χ2v) is 6.79. The zero-order valence-corrected chi connectivity index (χ0v) is 13.8. The van der Waals surface area contributed by atoms with E-state index in [0.717, 1.165) is 24.8 Å². The van der Waals surface area contributed by atoms with Crippen molar-refractivity contribution in [3.63, 3.8) is 0 Å². The quantitative estimate of drug-likeness (QED) is 0.661. The zero-order chi connectivity index (χ0) is 16.4. The number of H-pyrrole nitrogens is 1. The molecule has 0 saturated heterocycles. The number of aliphatic hydroxyl groups excluding tert-OH is 1. The summed E-state index contributed by atoms with van der Waals surface area (Å²) < 4.78 is 0. The number of para-hydroxylation sites is 1. The van der Waals surface area contributed by atoms with E-state index in [1.807, 2.05) is 13.1 Å².